The average Bonchev–Trinajstić information content (AvgIpc) is 2.40. The maximum atomic E-state index is 10.4. The lowest BCUT2D eigenvalue weighted by atomic mass is 9.94. The fourth-order valence-electron chi connectivity index (χ4n) is 2.41. The van der Waals surface area contributed by atoms with Crippen molar-refractivity contribution in [2.24, 2.45) is 0 Å². The van der Waals surface area contributed by atoms with Gasteiger partial charge in [-0.2, -0.15) is 0 Å². The molecule has 0 radical (unpaired) electrons. The molecule has 1 aliphatic heterocycles. The fraction of sp³-hybridized carbons (Fsp3) is 0.500. The number of aliphatic hydroxyl groups is 1. The molecule has 1 N–H and O–H groups in total. The van der Waals surface area contributed by atoms with Gasteiger partial charge in [-0.15, -0.1) is 0 Å². The highest BCUT2D eigenvalue weighted by atomic mass is 16.5. The number of benzene rings is 1. The van der Waals surface area contributed by atoms with Crippen molar-refractivity contribution in [3.8, 4) is 0 Å². The van der Waals surface area contributed by atoms with E-state index < -0.39 is 5.60 Å². The van der Waals surface area contributed by atoms with E-state index in [0.29, 0.717) is 19.8 Å². The lowest BCUT2D eigenvalue weighted by Gasteiger charge is -2.35. The largest absolute Gasteiger partial charge is 0.388 e. The van der Waals surface area contributed by atoms with Crippen molar-refractivity contribution < 1.29 is 9.84 Å². The molecule has 2 rings (SSSR count). The molecule has 1 heterocycles. The van der Waals surface area contributed by atoms with Gasteiger partial charge in [0.05, 0.1) is 5.60 Å². The highest BCUT2D eigenvalue weighted by Gasteiger charge is 2.30. The second-order valence-corrected chi connectivity index (χ2v) is 5.35. The van der Waals surface area contributed by atoms with E-state index in [4.69, 9.17) is 4.74 Å². The lowest BCUT2D eigenvalue weighted by Crippen LogP contribution is -2.45. The molecule has 104 valence electrons. The summed E-state index contributed by atoms with van der Waals surface area (Å²) in [5, 5.41) is 10.4. The highest BCUT2D eigenvalue weighted by molar-refractivity contribution is 5.48. The summed E-state index contributed by atoms with van der Waals surface area (Å²) in [5.41, 5.74) is 0.633. The Morgan fingerprint density at radius 3 is 2.63 bits per heavy atom. The van der Waals surface area contributed by atoms with Gasteiger partial charge < -0.3 is 9.84 Å². The molecule has 19 heavy (non-hydrogen) atoms. The first-order valence-corrected chi connectivity index (χ1v) is 6.88. The van der Waals surface area contributed by atoms with Gasteiger partial charge in [0.25, 0.3) is 0 Å². The Bertz CT molecular complexity index is 396. The van der Waals surface area contributed by atoms with Crippen LogP contribution in [0, 0.1) is 0 Å². The Hall–Kier alpha value is -1.16. The topological polar surface area (TPSA) is 32.7 Å². The summed E-state index contributed by atoms with van der Waals surface area (Å²) in [6, 6.07) is 10.3. The predicted octanol–water partition coefficient (Wildman–Crippen LogP) is 2.17. The van der Waals surface area contributed by atoms with E-state index in [2.05, 4.69) is 29.2 Å². The van der Waals surface area contributed by atoms with Crippen LogP contribution in [0.4, 0.5) is 0 Å². The molecular weight excluding hydrogens is 238 g/mol. The molecule has 0 atom stereocenters. The van der Waals surface area contributed by atoms with E-state index >= 15 is 0 Å². The smallest absolute Gasteiger partial charge is 0.0817 e. The molecule has 0 spiro atoms. The van der Waals surface area contributed by atoms with Crippen LogP contribution in [-0.4, -0.2) is 49.0 Å². The minimum Gasteiger partial charge on any atom is -0.388 e. The quantitative estimate of drug-likeness (QED) is 0.882. The Morgan fingerprint density at radius 1 is 1.26 bits per heavy atom. The number of nitrogens with zero attached hydrogens (tertiary/aromatic N) is 1. The van der Waals surface area contributed by atoms with Gasteiger partial charge in [-0.25, -0.2) is 0 Å². The first kappa shape index (κ1) is 14.3. The van der Waals surface area contributed by atoms with Crippen LogP contribution in [0.3, 0.4) is 0 Å². The first-order chi connectivity index (χ1) is 9.18. The lowest BCUT2D eigenvalue weighted by molar-refractivity contribution is -0.0756. The SMILES string of the molecule is CN(C/C=C/c1ccccc1)CC1(O)CCOCC1. The van der Waals surface area contributed by atoms with Crippen molar-refractivity contribution in [3.63, 3.8) is 0 Å². The molecule has 3 heteroatoms. The van der Waals surface area contributed by atoms with Crippen LogP contribution >= 0.6 is 0 Å². The zero-order valence-electron chi connectivity index (χ0n) is 11.6. The average molecular weight is 261 g/mol. The molecule has 1 saturated heterocycles. The van der Waals surface area contributed by atoms with Crippen molar-refractivity contribution >= 4 is 6.08 Å². The second-order valence-electron chi connectivity index (χ2n) is 5.35. The molecule has 1 aromatic carbocycles. The van der Waals surface area contributed by atoms with Crippen LogP contribution in [0.2, 0.25) is 0 Å². The maximum Gasteiger partial charge on any atom is 0.0817 e. The Morgan fingerprint density at radius 2 is 1.95 bits per heavy atom. The zero-order valence-corrected chi connectivity index (χ0v) is 11.6. The predicted molar refractivity (Wildman–Crippen MR) is 78.0 cm³/mol. The van der Waals surface area contributed by atoms with Gasteiger partial charge >= 0.3 is 0 Å². The van der Waals surface area contributed by atoms with Crippen molar-refractivity contribution in [3.05, 3.63) is 42.0 Å². The van der Waals surface area contributed by atoms with Gasteiger partial charge in [0.1, 0.15) is 0 Å². The zero-order chi connectivity index (χ0) is 13.6. The van der Waals surface area contributed by atoms with Gasteiger partial charge in [0.15, 0.2) is 0 Å². The van der Waals surface area contributed by atoms with Gasteiger partial charge in [0.2, 0.25) is 0 Å². The molecule has 0 bridgehead atoms. The maximum absolute atomic E-state index is 10.4. The molecule has 1 aliphatic rings. The summed E-state index contributed by atoms with van der Waals surface area (Å²) >= 11 is 0. The molecule has 0 amide bonds. The van der Waals surface area contributed by atoms with E-state index in [1.54, 1.807) is 0 Å². The van der Waals surface area contributed by atoms with Crippen molar-refractivity contribution in [1.29, 1.82) is 0 Å². The number of hydrogen-bond donors (Lipinski definition) is 1. The standard InChI is InChI=1S/C16H23NO2/c1-17(14-16(18)9-12-19-13-10-16)11-5-8-15-6-3-2-4-7-15/h2-8,18H,9-14H2,1H3/b8-5+. The minimum absolute atomic E-state index is 0.576. The van der Waals surface area contributed by atoms with Crippen molar-refractivity contribution in [1.82, 2.24) is 4.90 Å². The van der Waals surface area contributed by atoms with E-state index in [-0.39, 0.29) is 0 Å². The summed E-state index contributed by atoms with van der Waals surface area (Å²) in [7, 11) is 2.04. The molecule has 1 fully saturated rings. The monoisotopic (exact) mass is 261 g/mol. The van der Waals surface area contributed by atoms with Crippen LogP contribution in [-0.2, 0) is 4.74 Å². The summed E-state index contributed by atoms with van der Waals surface area (Å²) < 4.78 is 5.29. The number of likely N-dealkylation sites (N-methyl/N-ethyl adjacent to an activating group) is 1. The van der Waals surface area contributed by atoms with Gasteiger partial charge in [-0.05, 0) is 12.6 Å². The van der Waals surface area contributed by atoms with Crippen LogP contribution in [0.1, 0.15) is 18.4 Å². The third-order valence-electron chi connectivity index (χ3n) is 3.51. The molecule has 1 aromatic rings. The second kappa shape index (κ2) is 6.85. The summed E-state index contributed by atoms with van der Waals surface area (Å²) in [5.74, 6) is 0. The van der Waals surface area contributed by atoms with Gasteiger partial charge in [0, 0.05) is 39.1 Å². The van der Waals surface area contributed by atoms with Crippen LogP contribution < -0.4 is 0 Å². The van der Waals surface area contributed by atoms with E-state index in [0.717, 1.165) is 19.4 Å². The molecule has 0 saturated carbocycles. The summed E-state index contributed by atoms with van der Waals surface area (Å²) in [4.78, 5) is 2.16. The molecule has 0 aromatic heterocycles. The van der Waals surface area contributed by atoms with Crippen LogP contribution in [0.5, 0.6) is 0 Å². The molecule has 0 unspecified atom stereocenters. The van der Waals surface area contributed by atoms with E-state index in [1.165, 1.54) is 5.56 Å². The number of ether oxygens (including phenoxy) is 1. The first-order valence-electron chi connectivity index (χ1n) is 6.88. The summed E-state index contributed by atoms with van der Waals surface area (Å²) in [6.45, 7) is 2.89. The highest BCUT2D eigenvalue weighted by Crippen LogP contribution is 2.21. The molecule has 3 nitrogen and oxygen atoms in total. The fourth-order valence-corrected chi connectivity index (χ4v) is 2.41. The molecule has 0 aliphatic carbocycles. The van der Waals surface area contributed by atoms with E-state index in [9.17, 15) is 5.11 Å². The van der Waals surface area contributed by atoms with Crippen molar-refractivity contribution in [2.45, 2.75) is 18.4 Å². The Kier molecular flexibility index (Phi) is 5.14. The third kappa shape index (κ3) is 4.78. The van der Waals surface area contributed by atoms with Crippen LogP contribution in [0.25, 0.3) is 6.08 Å². The minimum atomic E-state index is -0.576. The number of hydrogen-bond acceptors (Lipinski definition) is 3. The summed E-state index contributed by atoms with van der Waals surface area (Å²) in [6.07, 6.45) is 5.72. The van der Waals surface area contributed by atoms with Crippen molar-refractivity contribution in [2.75, 3.05) is 33.4 Å². The van der Waals surface area contributed by atoms with E-state index in [1.807, 2.05) is 25.2 Å². The third-order valence-corrected chi connectivity index (χ3v) is 3.51. The normalized spacial score (nSPS) is 19.1. The molecular formula is C16H23NO2. The van der Waals surface area contributed by atoms with Crippen LogP contribution in [0.15, 0.2) is 36.4 Å². The Balaban J connectivity index is 1.78. The Labute approximate surface area is 115 Å². The van der Waals surface area contributed by atoms with Gasteiger partial charge in [-0.1, -0.05) is 42.5 Å². The van der Waals surface area contributed by atoms with Gasteiger partial charge in [-0.3, -0.25) is 4.90 Å². The number of rotatable bonds is 5.